The Morgan fingerprint density at radius 1 is 1.59 bits per heavy atom. The fraction of sp³-hybridized carbons (Fsp3) is 0.667. The van der Waals surface area contributed by atoms with Gasteiger partial charge in [0.2, 0.25) is 0 Å². The molecule has 0 aromatic carbocycles. The summed E-state index contributed by atoms with van der Waals surface area (Å²) in [5.74, 6) is 0.889. The third-order valence-electron chi connectivity index (χ3n) is 2.74. The standard InChI is InChI=1S/C12H19ClN2O2/c1-8-9(7-14-17-8)11(16)15-10(5-6-13)12(2,3)4/h7,10H,5-6H2,1-4H3,(H,15,16). The molecule has 0 aliphatic rings. The number of hydrogen-bond acceptors (Lipinski definition) is 3. The Morgan fingerprint density at radius 2 is 2.24 bits per heavy atom. The van der Waals surface area contributed by atoms with Crippen molar-refractivity contribution >= 4 is 17.5 Å². The van der Waals surface area contributed by atoms with Crippen LogP contribution in [0.5, 0.6) is 0 Å². The highest BCUT2D eigenvalue weighted by atomic mass is 35.5. The molecule has 4 nitrogen and oxygen atoms in total. The minimum atomic E-state index is -0.159. The van der Waals surface area contributed by atoms with Gasteiger partial charge >= 0.3 is 0 Å². The molecule has 0 fully saturated rings. The van der Waals surface area contributed by atoms with Crippen LogP contribution in [-0.4, -0.2) is 23.0 Å². The van der Waals surface area contributed by atoms with Crippen LogP contribution in [0.3, 0.4) is 0 Å². The van der Waals surface area contributed by atoms with E-state index >= 15 is 0 Å². The van der Waals surface area contributed by atoms with Gasteiger partial charge in [0.15, 0.2) is 0 Å². The number of alkyl halides is 1. The van der Waals surface area contributed by atoms with Gasteiger partial charge in [-0.15, -0.1) is 11.6 Å². The van der Waals surface area contributed by atoms with Crippen molar-refractivity contribution in [3.8, 4) is 0 Å². The topological polar surface area (TPSA) is 55.1 Å². The van der Waals surface area contributed by atoms with Crippen LogP contribution >= 0.6 is 11.6 Å². The minimum Gasteiger partial charge on any atom is -0.361 e. The second-order valence-corrected chi connectivity index (χ2v) is 5.54. The predicted molar refractivity (Wildman–Crippen MR) is 67.3 cm³/mol. The number of hydrogen-bond donors (Lipinski definition) is 1. The molecule has 0 bridgehead atoms. The molecule has 0 radical (unpaired) electrons. The van der Waals surface area contributed by atoms with Crippen molar-refractivity contribution in [3.05, 3.63) is 17.5 Å². The molecule has 0 aliphatic heterocycles. The lowest BCUT2D eigenvalue weighted by Gasteiger charge is -2.31. The van der Waals surface area contributed by atoms with Gasteiger partial charge in [0, 0.05) is 11.9 Å². The molecule has 1 aromatic heterocycles. The molecule has 1 rings (SSSR count). The number of aromatic nitrogens is 1. The average Bonchev–Trinajstić information content (AvgIpc) is 2.62. The summed E-state index contributed by atoms with van der Waals surface area (Å²) in [6.07, 6.45) is 2.17. The second kappa shape index (κ2) is 5.54. The molecule has 1 N–H and O–H groups in total. The van der Waals surface area contributed by atoms with E-state index in [1.54, 1.807) is 6.92 Å². The zero-order chi connectivity index (χ0) is 13.1. The van der Waals surface area contributed by atoms with Crippen LogP contribution in [0.1, 0.15) is 43.3 Å². The summed E-state index contributed by atoms with van der Waals surface area (Å²) in [5.41, 5.74) is 0.448. The zero-order valence-corrected chi connectivity index (χ0v) is 11.5. The van der Waals surface area contributed by atoms with Gasteiger partial charge in [-0.3, -0.25) is 4.79 Å². The van der Waals surface area contributed by atoms with E-state index in [2.05, 4.69) is 31.2 Å². The fourth-order valence-electron chi connectivity index (χ4n) is 1.58. The van der Waals surface area contributed by atoms with Crippen LogP contribution in [0, 0.1) is 12.3 Å². The summed E-state index contributed by atoms with van der Waals surface area (Å²) >= 11 is 5.76. The molecule has 1 amide bonds. The Bertz CT molecular complexity index is 382. The van der Waals surface area contributed by atoms with Gasteiger partial charge in [0.1, 0.15) is 11.3 Å². The number of carbonyl (C=O) groups is 1. The molecule has 1 aromatic rings. The second-order valence-electron chi connectivity index (χ2n) is 5.17. The van der Waals surface area contributed by atoms with Crippen LogP contribution in [-0.2, 0) is 0 Å². The highest BCUT2D eigenvalue weighted by Crippen LogP contribution is 2.22. The van der Waals surface area contributed by atoms with E-state index in [0.29, 0.717) is 17.2 Å². The van der Waals surface area contributed by atoms with Crippen molar-refractivity contribution in [1.29, 1.82) is 0 Å². The Hall–Kier alpha value is -1.03. The van der Waals surface area contributed by atoms with Gasteiger partial charge in [-0.25, -0.2) is 0 Å². The minimum absolute atomic E-state index is 0.0294. The number of carbonyl (C=O) groups excluding carboxylic acids is 1. The molecule has 0 saturated heterocycles. The molecular weight excluding hydrogens is 240 g/mol. The zero-order valence-electron chi connectivity index (χ0n) is 10.7. The first-order valence-corrected chi connectivity index (χ1v) is 6.18. The van der Waals surface area contributed by atoms with E-state index < -0.39 is 0 Å². The monoisotopic (exact) mass is 258 g/mol. The van der Waals surface area contributed by atoms with Crippen molar-refractivity contribution in [3.63, 3.8) is 0 Å². The maximum Gasteiger partial charge on any atom is 0.256 e. The lowest BCUT2D eigenvalue weighted by molar-refractivity contribution is 0.0899. The summed E-state index contributed by atoms with van der Waals surface area (Å²) in [6.45, 7) is 7.94. The summed E-state index contributed by atoms with van der Waals surface area (Å²) in [7, 11) is 0. The van der Waals surface area contributed by atoms with E-state index in [9.17, 15) is 4.79 Å². The summed E-state index contributed by atoms with van der Waals surface area (Å²) < 4.78 is 4.88. The lowest BCUT2D eigenvalue weighted by atomic mass is 9.85. The molecule has 0 saturated carbocycles. The maximum absolute atomic E-state index is 12.0. The van der Waals surface area contributed by atoms with Gasteiger partial charge in [0.05, 0.1) is 6.20 Å². The number of amides is 1. The van der Waals surface area contributed by atoms with Gasteiger partial charge in [-0.1, -0.05) is 25.9 Å². The molecule has 0 spiro atoms. The fourth-order valence-corrected chi connectivity index (χ4v) is 1.80. The Morgan fingerprint density at radius 3 is 2.65 bits per heavy atom. The van der Waals surface area contributed by atoms with Crippen molar-refractivity contribution in [2.24, 2.45) is 5.41 Å². The highest BCUT2D eigenvalue weighted by molar-refractivity contribution is 6.17. The Kier molecular flexibility index (Phi) is 4.57. The first-order chi connectivity index (χ1) is 7.86. The number of aryl methyl sites for hydroxylation is 1. The molecule has 1 heterocycles. The number of nitrogens with zero attached hydrogens (tertiary/aromatic N) is 1. The number of nitrogens with one attached hydrogen (secondary N) is 1. The van der Waals surface area contributed by atoms with Crippen molar-refractivity contribution in [2.45, 2.75) is 40.2 Å². The quantitative estimate of drug-likeness (QED) is 0.845. The van der Waals surface area contributed by atoms with E-state index in [1.165, 1.54) is 6.20 Å². The smallest absolute Gasteiger partial charge is 0.256 e. The molecule has 96 valence electrons. The van der Waals surface area contributed by atoms with E-state index in [4.69, 9.17) is 16.1 Å². The molecular formula is C12H19ClN2O2. The van der Waals surface area contributed by atoms with Crippen molar-refractivity contribution in [1.82, 2.24) is 10.5 Å². The largest absolute Gasteiger partial charge is 0.361 e. The number of rotatable bonds is 4. The Labute approximate surface area is 107 Å². The van der Waals surface area contributed by atoms with Gasteiger partial charge in [-0.05, 0) is 18.8 Å². The third kappa shape index (κ3) is 3.73. The maximum atomic E-state index is 12.0. The van der Waals surface area contributed by atoms with E-state index in [-0.39, 0.29) is 17.4 Å². The van der Waals surface area contributed by atoms with Crippen LogP contribution < -0.4 is 5.32 Å². The lowest BCUT2D eigenvalue weighted by Crippen LogP contribution is -2.44. The van der Waals surface area contributed by atoms with Crippen molar-refractivity contribution < 1.29 is 9.32 Å². The predicted octanol–water partition coefficient (Wildman–Crippen LogP) is 2.76. The summed E-state index contributed by atoms with van der Waals surface area (Å²) in [4.78, 5) is 12.0. The molecule has 1 unspecified atom stereocenters. The third-order valence-corrected chi connectivity index (χ3v) is 2.96. The van der Waals surface area contributed by atoms with Crippen LogP contribution in [0.4, 0.5) is 0 Å². The van der Waals surface area contributed by atoms with Gasteiger partial charge < -0.3 is 9.84 Å². The molecule has 5 heteroatoms. The molecule has 1 atom stereocenters. The van der Waals surface area contributed by atoms with Crippen LogP contribution in [0.25, 0.3) is 0 Å². The van der Waals surface area contributed by atoms with Crippen LogP contribution in [0.2, 0.25) is 0 Å². The van der Waals surface area contributed by atoms with Gasteiger partial charge in [0.25, 0.3) is 5.91 Å². The highest BCUT2D eigenvalue weighted by Gasteiger charge is 2.27. The summed E-state index contributed by atoms with van der Waals surface area (Å²) in [5, 5.41) is 6.57. The van der Waals surface area contributed by atoms with Crippen LogP contribution in [0.15, 0.2) is 10.7 Å². The van der Waals surface area contributed by atoms with E-state index in [1.807, 2.05) is 0 Å². The van der Waals surface area contributed by atoms with Crippen molar-refractivity contribution in [2.75, 3.05) is 5.88 Å². The SMILES string of the molecule is Cc1oncc1C(=O)NC(CCCl)C(C)(C)C. The van der Waals surface area contributed by atoms with Gasteiger partial charge in [-0.2, -0.15) is 0 Å². The Balaban J connectivity index is 2.75. The number of halogens is 1. The normalized spacial score (nSPS) is 13.5. The van der Waals surface area contributed by atoms with E-state index in [0.717, 1.165) is 6.42 Å². The molecule has 17 heavy (non-hydrogen) atoms. The summed E-state index contributed by atoms with van der Waals surface area (Å²) in [6, 6.07) is 0.0294. The first-order valence-electron chi connectivity index (χ1n) is 5.64. The first kappa shape index (κ1) is 14.0. The molecule has 0 aliphatic carbocycles. The average molecular weight is 259 g/mol.